The molecule has 0 fully saturated rings. The summed E-state index contributed by atoms with van der Waals surface area (Å²) in [5.41, 5.74) is 5.31. The van der Waals surface area contributed by atoms with Gasteiger partial charge in [0.15, 0.2) is 6.10 Å². The highest BCUT2D eigenvalue weighted by Gasteiger charge is 2.25. The minimum atomic E-state index is -4.37. The summed E-state index contributed by atoms with van der Waals surface area (Å²) in [7, 11) is -4.37. The second-order valence-corrected chi connectivity index (χ2v) is 12.8. The quantitative estimate of drug-likeness (QED) is 0.0314. The molecule has 0 radical (unpaired) electrons. The lowest BCUT2D eigenvalue weighted by Gasteiger charge is -2.19. The molecule has 0 aromatic heterocycles. The van der Waals surface area contributed by atoms with Gasteiger partial charge >= 0.3 is 19.8 Å². The molecule has 0 aliphatic rings. The number of phosphoric acid groups is 1. The van der Waals surface area contributed by atoms with Gasteiger partial charge in [0.2, 0.25) is 0 Å². The van der Waals surface area contributed by atoms with Gasteiger partial charge in [-0.15, -0.1) is 0 Å². The van der Waals surface area contributed by atoms with Crippen LogP contribution in [0.25, 0.3) is 0 Å². The van der Waals surface area contributed by atoms with Crippen LogP contribution in [-0.2, 0) is 32.7 Å². The van der Waals surface area contributed by atoms with E-state index in [2.05, 4.69) is 50.3 Å². The van der Waals surface area contributed by atoms with E-state index in [9.17, 15) is 19.0 Å². The lowest BCUT2D eigenvalue weighted by Crippen LogP contribution is -2.29. The molecule has 0 aliphatic heterocycles. The summed E-state index contributed by atoms with van der Waals surface area (Å²) < 4.78 is 32.5. The summed E-state index contributed by atoms with van der Waals surface area (Å²) in [5, 5.41) is 0. The SMILES string of the molecule is CCCCC/C=C/C/C=C/C/C=C/CCCCC(=O)O[C@H](COC(=O)CCCCCCCCCCC)COP(=O)(O)OCCN. The number of hydrogen-bond donors (Lipinski definition) is 2. The first-order chi connectivity index (χ1) is 21.8. The number of phosphoric ester groups is 1. The fraction of sp³-hybridized carbons (Fsp3) is 0.771. The Hall–Kier alpha value is -1.77. The van der Waals surface area contributed by atoms with Gasteiger partial charge < -0.3 is 20.1 Å². The molecule has 9 nitrogen and oxygen atoms in total. The van der Waals surface area contributed by atoms with E-state index >= 15 is 0 Å². The Morgan fingerprint density at radius 3 is 1.76 bits per heavy atom. The number of rotatable bonds is 32. The van der Waals surface area contributed by atoms with Crippen LogP contribution in [0.15, 0.2) is 36.5 Å². The van der Waals surface area contributed by atoms with Gasteiger partial charge in [-0.3, -0.25) is 18.6 Å². The molecule has 10 heteroatoms. The average Bonchev–Trinajstić information content (AvgIpc) is 3.02. The van der Waals surface area contributed by atoms with Gasteiger partial charge in [-0.25, -0.2) is 4.57 Å². The minimum Gasteiger partial charge on any atom is -0.462 e. The maximum atomic E-state index is 12.5. The predicted molar refractivity (Wildman–Crippen MR) is 183 cm³/mol. The predicted octanol–water partition coefficient (Wildman–Crippen LogP) is 9.04. The van der Waals surface area contributed by atoms with Gasteiger partial charge in [0.1, 0.15) is 6.61 Å². The molecule has 1 unspecified atom stereocenters. The first kappa shape index (κ1) is 43.2. The zero-order valence-electron chi connectivity index (χ0n) is 28.3. The molecule has 0 bridgehead atoms. The highest BCUT2D eigenvalue weighted by Crippen LogP contribution is 2.43. The molecule has 0 heterocycles. The van der Waals surface area contributed by atoms with Crippen LogP contribution in [0.4, 0.5) is 0 Å². The normalized spacial score (nSPS) is 14.0. The highest BCUT2D eigenvalue weighted by atomic mass is 31.2. The maximum Gasteiger partial charge on any atom is 0.472 e. The maximum absolute atomic E-state index is 12.5. The Morgan fingerprint density at radius 1 is 0.667 bits per heavy atom. The van der Waals surface area contributed by atoms with Gasteiger partial charge in [-0.2, -0.15) is 0 Å². The van der Waals surface area contributed by atoms with Crippen molar-refractivity contribution in [2.75, 3.05) is 26.4 Å². The van der Waals surface area contributed by atoms with E-state index in [4.69, 9.17) is 24.3 Å². The Morgan fingerprint density at radius 2 is 1.16 bits per heavy atom. The molecule has 262 valence electrons. The van der Waals surface area contributed by atoms with Crippen LogP contribution in [0.1, 0.15) is 142 Å². The third-order valence-electron chi connectivity index (χ3n) is 7.03. The monoisotopic (exact) mass is 657 g/mol. The van der Waals surface area contributed by atoms with E-state index in [0.717, 1.165) is 51.4 Å². The van der Waals surface area contributed by atoms with Crippen LogP contribution in [0.5, 0.6) is 0 Å². The zero-order chi connectivity index (χ0) is 33.3. The summed E-state index contributed by atoms with van der Waals surface area (Å²) in [6.07, 6.45) is 31.8. The van der Waals surface area contributed by atoms with E-state index in [1.807, 2.05) is 0 Å². The molecule has 0 aliphatic carbocycles. The first-order valence-corrected chi connectivity index (χ1v) is 19.0. The number of carbonyl (C=O) groups is 2. The van der Waals surface area contributed by atoms with Crippen LogP contribution >= 0.6 is 7.82 Å². The lowest BCUT2D eigenvalue weighted by atomic mass is 10.1. The van der Waals surface area contributed by atoms with Gasteiger partial charge in [-0.1, -0.05) is 115 Å². The van der Waals surface area contributed by atoms with Crippen molar-refractivity contribution in [2.45, 2.75) is 148 Å². The van der Waals surface area contributed by atoms with Crippen molar-refractivity contribution in [3.8, 4) is 0 Å². The molecule has 0 aromatic carbocycles. The molecule has 0 rings (SSSR count). The van der Waals surface area contributed by atoms with E-state index < -0.39 is 32.5 Å². The molecule has 0 aromatic rings. The molecular weight excluding hydrogens is 593 g/mol. The van der Waals surface area contributed by atoms with Gasteiger partial charge in [-0.05, 0) is 51.4 Å². The van der Waals surface area contributed by atoms with Crippen LogP contribution in [-0.4, -0.2) is 49.3 Å². The summed E-state index contributed by atoms with van der Waals surface area (Å²) in [5.74, 6) is -0.880. The van der Waals surface area contributed by atoms with Crippen molar-refractivity contribution in [3.63, 3.8) is 0 Å². The van der Waals surface area contributed by atoms with Gasteiger partial charge in [0.25, 0.3) is 0 Å². The van der Waals surface area contributed by atoms with Crippen molar-refractivity contribution in [1.82, 2.24) is 0 Å². The van der Waals surface area contributed by atoms with Crippen molar-refractivity contribution in [1.29, 1.82) is 0 Å². The third kappa shape index (κ3) is 32.0. The fourth-order valence-electron chi connectivity index (χ4n) is 4.40. The molecular formula is C35H64NO8P. The summed E-state index contributed by atoms with van der Waals surface area (Å²) in [4.78, 5) is 34.5. The molecule has 0 spiro atoms. The Labute approximate surface area is 274 Å². The number of unbranched alkanes of at least 4 members (excludes halogenated alkanes) is 13. The number of nitrogens with two attached hydrogens (primary N) is 1. The summed E-state index contributed by atoms with van der Waals surface area (Å²) >= 11 is 0. The van der Waals surface area contributed by atoms with Gasteiger partial charge in [0.05, 0.1) is 13.2 Å². The Balaban J connectivity index is 4.35. The molecule has 2 atom stereocenters. The third-order valence-corrected chi connectivity index (χ3v) is 8.01. The highest BCUT2D eigenvalue weighted by molar-refractivity contribution is 7.47. The Kier molecular flexibility index (Phi) is 30.9. The standard InChI is InChI=1S/C35H64NO8P/c1-3-5-7-9-11-13-14-15-16-17-18-20-22-24-26-28-35(38)44-33(32-43-45(39,40)42-30-29-36)31-41-34(37)27-25-23-21-19-12-10-8-6-4-2/h11,13,15-16,18,20,33H,3-10,12,14,17,19,21-32,36H2,1-2H3,(H,39,40)/b13-11+,16-15+,20-18+/t33-/m1/s1. The van der Waals surface area contributed by atoms with E-state index in [0.29, 0.717) is 6.42 Å². The molecule has 45 heavy (non-hydrogen) atoms. The number of carbonyl (C=O) groups excluding carboxylic acids is 2. The summed E-state index contributed by atoms with van der Waals surface area (Å²) in [6, 6.07) is 0. The topological polar surface area (TPSA) is 134 Å². The van der Waals surface area contributed by atoms with Crippen LogP contribution in [0, 0.1) is 0 Å². The molecule has 0 saturated carbocycles. The number of allylic oxidation sites excluding steroid dienone is 6. The zero-order valence-corrected chi connectivity index (χ0v) is 29.2. The summed E-state index contributed by atoms with van der Waals surface area (Å²) in [6.45, 7) is 3.60. The van der Waals surface area contributed by atoms with E-state index in [1.54, 1.807) is 0 Å². The Bertz CT molecular complexity index is 846. The van der Waals surface area contributed by atoms with E-state index in [1.165, 1.54) is 57.8 Å². The second kappa shape index (κ2) is 32.2. The van der Waals surface area contributed by atoms with Crippen LogP contribution in [0.2, 0.25) is 0 Å². The van der Waals surface area contributed by atoms with Crippen LogP contribution < -0.4 is 5.73 Å². The van der Waals surface area contributed by atoms with E-state index in [-0.39, 0.29) is 32.6 Å². The number of ether oxygens (including phenoxy) is 2. The van der Waals surface area contributed by atoms with Crippen LogP contribution in [0.3, 0.4) is 0 Å². The lowest BCUT2D eigenvalue weighted by molar-refractivity contribution is -0.161. The van der Waals surface area contributed by atoms with Crippen molar-refractivity contribution < 1.29 is 37.6 Å². The van der Waals surface area contributed by atoms with Crippen molar-refractivity contribution in [2.24, 2.45) is 5.73 Å². The largest absolute Gasteiger partial charge is 0.472 e. The fourth-order valence-corrected chi connectivity index (χ4v) is 5.17. The molecule has 3 N–H and O–H groups in total. The number of hydrogen-bond acceptors (Lipinski definition) is 8. The van der Waals surface area contributed by atoms with Crippen molar-refractivity contribution in [3.05, 3.63) is 36.5 Å². The first-order valence-electron chi connectivity index (χ1n) is 17.5. The molecule has 0 saturated heterocycles. The number of esters is 2. The average molecular weight is 658 g/mol. The smallest absolute Gasteiger partial charge is 0.462 e. The minimum absolute atomic E-state index is 0.0472. The molecule has 0 amide bonds. The second-order valence-electron chi connectivity index (χ2n) is 11.4. The van der Waals surface area contributed by atoms with Crippen molar-refractivity contribution >= 4 is 19.8 Å². The van der Waals surface area contributed by atoms with Gasteiger partial charge in [0, 0.05) is 19.4 Å².